The second-order valence-electron chi connectivity index (χ2n) is 6.66. The standard InChI is InChI=1S/C22H17F3N2O4S/c23-22(24,25)21(29)27(20(28)17-11-5-2-6-12-17)26-18-13-7-8-14-19(18)32(30,31)15-16-9-3-1-4-10-16/h1-14,26H,15H2. The number of imide groups is 1. The minimum atomic E-state index is -5.38. The largest absolute Gasteiger partial charge is 0.473 e. The van der Waals surface area contributed by atoms with Crippen LogP contribution < -0.4 is 5.43 Å². The Morgan fingerprint density at radius 2 is 1.34 bits per heavy atom. The van der Waals surface area contributed by atoms with Crippen molar-refractivity contribution < 1.29 is 31.2 Å². The maximum atomic E-state index is 13.2. The normalized spacial score (nSPS) is 11.6. The lowest BCUT2D eigenvalue weighted by Gasteiger charge is -2.24. The van der Waals surface area contributed by atoms with Crippen LogP contribution in [0.1, 0.15) is 15.9 Å². The van der Waals surface area contributed by atoms with E-state index < -0.39 is 33.6 Å². The molecule has 32 heavy (non-hydrogen) atoms. The van der Waals surface area contributed by atoms with Crippen LogP contribution in [-0.4, -0.2) is 31.4 Å². The number of hydrazine groups is 1. The quantitative estimate of drug-likeness (QED) is 0.555. The van der Waals surface area contributed by atoms with Crippen molar-refractivity contribution in [2.45, 2.75) is 16.8 Å². The van der Waals surface area contributed by atoms with Crippen molar-refractivity contribution in [2.75, 3.05) is 5.43 Å². The first-order valence-electron chi connectivity index (χ1n) is 9.22. The van der Waals surface area contributed by atoms with Gasteiger partial charge in [0.05, 0.1) is 16.3 Å². The average Bonchev–Trinajstić information content (AvgIpc) is 2.77. The fourth-order valence-corrected chi connectivity index (χ4v) is 4.37. The van der Waals surface area contributed by atoms with Crippen molar-refractivity contribution in [1.82, 2.24) is 5.01 Å². The van der Waals surface area contributed by atoms with Gasteiger partial charge in [0.2, 0.25) is 0 Å². The van der Waals surface area contributed by atoms with Gasteiger partial charge in [-0.3, -0.25) is 15.0 Å². The van der Waals surface area contributed by atoms with Crippen LogP contribution in [0.3, 0.4) is 0 Å². The maximum Gasteiger partial charge on any atom is 0.473 e. The Morgan fingerprint density at radius 1 is 0.812 bits per heavy atom. The topological polar surface area (TPSA) is 83.6 Å². The molecule has 10 heteroatoms. The highest BCUT2D eigenvalue weighted by Gasteiger charge is 2.46. The van der Waals surface area contributed by atoms with Crippen molar-refractivity contribution in [2.24, 2.45) is 0 Å². The van der Waals surface area contributed by atoms with E-state index >= 15 is 0 Å². The third-order valence-electron chi connectivity index (χ3n) is 4.32. The monoisotopic (exact) mass is 462 g/mol. The second-order valence-corrected chi connectivity index (χ2v) is 8.62. The summed E-state index contributed by atoms with van der Waals surface area (Å²) >= 11 is 0. The zero-order valence-electron chi connectivity index (χ0n) is 16.4. The fraction of sp³-hybridized carbons (Fsp3) is 0.0909. The summed E-state index contributed by atoms with van der Waals surface area (Å²) in [6.45, 7) is 0. The Kier molecular flexibility index (Phi) is 6.64. The Morgan fingerprint density at radius 3 is 1.94 bits per heavy atom. The molecule has 0 aromatic heterocycles. The maximum absolute atomic E-state index is 13.2. The molecule has 3 rings (SSSR count). The van der Waals surface area contributed by atoms with Crippen molar-refractivity contribution >= 4 is 27.3 Å². The molecule has 0 heterocycles. The minimum Gasteiger partial charge on any atom is -0.287 e. The zero-order valence-corrected chi connectivity index (χ0v) is 17.2. The Hall–Kier alpha value is -3.66. The smallest absolute Gasteiger partial charge is 0.287 e. The van der Waals surface area contributed by atoms with Gasteiger partial charge in [0.1, 0.15) is 0 Å². The van der Waals surface area contributed by atoms with Gasteiger partial charge in [-0.05, 0) is 29.8 Å². The van der Waals surface area contributed by atoms with Crippen LogP contribution >= 0.6 is 0 Å². The van der Waals surface area contributed by atoms with E-state index in [1.165, 1.54) is 48.5 Å². The summed E-state index contributed by atoms with van der Waals surface area (Å²) in [6.07, 6.45) is -5.38. The van der Waals surface area contributed by atoms with Crippen LogP contribution in [0.15, 0.2) is 89.8 Å². The minimum absolute atomic E-state index is 0.192. The summed E-state index contributed by atoms with van der Waals surface area (Å²) < 4.78 is 65.5. The van der Waals surface area contributed by atoms with E-state index in [9.17, 15) is 31.2 Å². The molecule has 0 radical (unpaired) electrons. The lowest BCUT2D eigenvalue weighted by atomic mass is 10.2. The first kappa shape index (κ1) is 23.0. The Labute approximate surface area is 182 Å². The summed E-state index contributed by atoms with van der Waals surface area (Å²) in [5.41, 5.74) is 2.01. The number of nitrogens with zero attached hydrogens (tertiary/aromatic N) is 1. The summed E-state index contributed by atoms with van der Waals surface area (Å²) in [5, 5.41) is -0.230. The van der Waals surface area contributed by atoms with Crippen molar-refractivity contribution in [1.29, 1.82) is 0 Å². The number of para-hydroxylation sites is 1. The van der Waals surface area contributed by atoms with Gasteiger partial charge < -0.3 is 0 Å². The lowest BCUT2D eigenvalue weighted by molar-refractivity contribution is -0.181. The molecule has 0 aliphatic carbocycles. The lowest BCUT2D eigenvalue weighted by Crippen LogP contribution is -2.48. The van der Waals surface area contributed by atoms with Gasteiger partial charge in [-0.15, -0.1) is 0 Å². The van der Waals surface area contributed by atoms with E-state index in [0.29, 0.717) is 5.56 Å². The third-order valence-corrected chi connectivity index (χ3v) is 6.06. The third kappa shape index (κ3) is 5.33. The molecule has 0 saturated carbocycles. The van der Waals surface area contributed by atoms with Gasteiger partial charge in [-0.1, -0.05) is 60.7 Å². The summed E-state index contributed by atoms with van der Waals surface area (Å²) in [6, 6.07) is 20.2. The van der Waals surface area contributed by atoms with E-state index in [1.807, 2.05) is 0 Å². The number of halogens is 3. The number of amides is 2. The molecule has 6 nitrogen and oxygen atoms in total. The molecule has 0 atom stereocenters. The highest BCUT2D eigenvalue weighted by atomic mass is 32.2. The van der Waals surface area contributed by atoms with Crippen LogP contribution in [0, 0.1) is 0 Å². The van der Waals surface area contributed by atoms with Gasteiger partial charge >= 0.3 is 12.1 Å². The molecule has 0 spiro atoms. The van der Waals surface area contributed by atoms with E-state index in [1.54, 1.807) is 36.4 Å². The van der Waals surface area contributed by atoms with Gasteiger partial charge in [-0.25, -0.2) is 8.42 Å². The predicted molar refractivity (Wildman–Crippen MR) is 111 cm³/mol. The Balaban J connectivity index is 2.00. The second kappa shape index (κ2) is 9.23. The van der Waals surface area contributed by atoms with Crippen molar-refractivity contribution in [3.05, 3.63) is 96.1 Å². The number of carbonyl (C=O) groups excluding carboxylic acids is 2. The van der Waals surface area contributed by atoms with Crippen LogP contribution in [0.2, 0.25) is 0 Å². The molecule has 1 N–H and O–H groups in total. The van der Waals surface area contributed by atoms with Crippen molar-refractivity contribution in [3.8, 4) is 0 Å². The van der Waals surface area contributed by atoms with Crippen LogP contribution in [0.5, 0.6) is 0 Å². The van der Waals surface area contributed by atoms with Gasteiger partial charge in [0.25, 0.3) is 5.91 Å². The molecule has 166 valence electrons. The summed E-state index contributed by atoms with van der Waals surface area (Å²) in [7, 11) is -4.03. The molecule has 0 aliphatic rings. The van der Waals surface area contributed by atoms with Crippen LogP contribution in [0.25, 0.3) is 0 Å². The number of sulfone groups is 1. The molecule has 0 bridgehead atoms. The number of carbonyl (C=O) groups is 2. The molecule has 0 aliphatic heterocycles. The summed E-state index contributed by atoms with van der Waals surface area (Å²) in [4.78, 5) is 24.3. The predicted octanol–water partition coefficient (Wildman–Crippen LogP) is 4.22. The van der Waals surface area contributed by atoms with E-state index in [0.717, 1.165) is 0 Å². The number of nitrogens with one attached hydrogen (secondary N) is 1. The summed E-state index contributed by atoms with van der Waals surface area (Å²) in [5.74, 6) is -4.20. The molecule has 3 aromatic rings. The van der Waals surface area contributed by atoms with Crippen LogP contribution in [0.4, 0.5) is 18.9 Å². The number of hydrogen-bond acceptors (Lipinski definition) is 5. The number of alkyl halides is 3. The molecule has 3 aromatic carbocycles. The first-order chi connectivity index (χ1) is 15.1. The molecule has 0 unspecified atom stereocenters. The SMILES string of the molecule is O=C(c1ccccc1)N(Nc1ccccc1S(=O)(=O)Cc1ccccc1)C(=O)C(F)(F)F. The zero-order chi connectivity index (χ0) is 23.4. The first-order valence-corrected chi connectivity index (χ1v) is 10.9. The number of anilines is 1. The van der Waals surface area contributed by atoms with Gasteiger partial charge in [0.15, 0.2) is 9.84 Å². The molecule has 2 amide bonds. The highest BCUT2D eigenvalue weighted by molar-refractivity contribution is 7.90. The molecular weight excluding hydrogens is 445 g/mol. The highest BCUT2D eigenvalue weighted by Crippen LogP contribution is 2.27. The van der Waals surface area contributed by atoms with Gasteiger partial charge in [0, 0.05) is 5.56 Å². The van der Waals surface area contributed by atoms with E-state index in [-0.39, 0.29) is 21.2 Å². The van der Waals surface area contributed by atoms with E-state index in [2.05, 4.69) is 5.43 Å². The van der Waals surface area contributed by atoms with Crippen LogP contribution in [-0.2, 0) is 20.4 Å². The number of benzene rings is 3. The van der Waals surface area contributed by atoms with Crippen molar-refractivity contribution in [3.63, 3.8) is 0 Å². The van der Waals surface area contributed by atoms with Gasteiger partial charge in [-0.2, -0.15) is 18.2 Å². The molecular formula is C22H17F3N2O4S. The molecule has 0 fully saturated rings. The number of rotatable bonds is 6. The fourth-order valence-electron chi connectivity index (χ4n) is 2.85. The molecule has 0 saturated heterocycles. The number of hydrogen-bond donors (Lipinski definition) is 1. The average molecular weight is 462 g/mol. The van der Waals surface area contributed by atoms with E-state index in [4.69, 9.17) is 0 Å². The Bertz CT molecular complexity index is 1210.